The van der Waals surface area contributed by atoms with E-state index >= 15 is 0 Å². The van der Waals surface area contributed by atoms with Crippen molar-refractivity contribution in [1.82, 2.24) is 24.9 Å². The number of nitrogens with one attached hydrogen (secondary N) is 1. The maximum atomic E-state index is 5.28. The van der Waals surface area contributed by atoms with Gasteiger partial charge in [0.25, 0.3) is 0 Å². The van der Waals surface area contributed by atoms with Crippen LogP contribution in [0.4, 0.5) is 0 Å². The summed E-state index contributed by atoms with van der Waals surface area (Å²) >= 11 is 0. The molecule has 1 N–H and O–H groups in total. The number of methoxy groups -OCH3 is 1. The molecule has 1 aliphatic rings. The molecule has 1 aromatic heterocycles. The molecule has 28 heavy (non-hydrogen) atoms. The van der Waals surface area contributed by atoms with Crippen molar-refractivity contribution in [3.8, 4) is 5.75 Å². The molecule has 1 aliphatic heterocycles. The molecule has 0 radical (unpaired) electrons. The summed E-state index contributed by atoms with van der Waals surface area (Å²) in [5.41, 5.74) is 2.56. The van der Waals surface area contributed by atoms with Gasteiger partial charge in [0.2, 0.25) is 0 Å². The minimum absolute atomic E-state index is 0.249. The van der Waals surface area contributed by atoms with Gasteiger partial charge in [0.15, 0.2) is 5.96 Å². The summed E-state index contributed by atoms with van der Waals surface area (Å²) in [6.07, 6.45) is 5.23. The normalized spacial score (nSPS) is 18.6. The highest BCUT2D eigenvalue weighted by Crippen LogP contribution is 2.27. The Morgan fingerprint density at radius 3 is 2.68 bits per heavy atom. The molecule has 1 aromatic carbocycles. The first-order chi connectivity index (χ1) is 13.5. The molecule has 2 atom stereocenters. The van der Waals surface area contributed by atoms with Crippen LogP contribution in [0.3, 0.4) is 0 Å². The number of likely N-dealkylation sites (N-methyl/N-ethyl adjacent to an activating group) is 1. The number of aryl methyl sites for hydroxylation is 1. The number of hydrogen-bond acceptors (Lipinski definition) is 4. The SMILES string of the molecule is CN=C(NCC(c1ccc(OC)cc1)N(C)C)N1CCC(c2cnn(C)c2)C1. The van der Waals surface area contributed by atoms with Crippen molar-refractivity contribution in [2.45, 2.75) is 18.4 Å². The van der Waals surface area contributed by atoms with Crippen LogP contribution in [0.5, 0.6) is 5.75 Å². The standard InChI is InChI=1S/C21H32N6O/c1-22-21(27-11-10-17(15-27)18-12-24-26(4)14-18)23-13-20(25(2)3)16-6-8-19(28-5)9-7-16/h6-9,12,14,17,20H,10-11,13,15H2,1-5H3,(H,22,23). The molecular formula is C21H32N6O. The topological polar surface area (TPSA) is 57.9 Å². The van der Waals surface area contributed by atoms with Crippen LogP contribution >= 0.6 is 0 Å². The molecule has 0 bridgehead atoms. The number of ether oxygens (including phenoxy) is 1. The highest BCUT2D eigenvalue weighted by atomic mass is 16.5. The lowest BCUT2D eigenvalue weighted by molar-refractivity contribution is 0.295. The molecular weight excluding hydrogens is 352 g/mol. The zero-order valence-electron chi connectivity index (χ0n) is 17.6. The third-order valence-corrected chi connectivity index (χ3v) is 5.47. The Morgan fingerprint density at radius 1 is 1.36 bits per heavy atom. The number of aliphatic imine (C=N–C) groups is 1. The molecule has 152 valence electrons. The van der Waals surface area contributed by atoms with Crippen LogP contribution in [0.15, 0.2) is 41.7 Å². The second-order valence-electron chi connectivity index (χ2n) is 7.56. The Hall–Kier alpha value is -2.54. The van der Waals surface area contributed by atoms with Gasteiger partial charge in [0.05, 0.1) is 19.3 Å². The van der Waals surface area contributed by atoms with Crippen molar-refractivity contribution in [2.75, 3.05) is 47.9 Å². The smallest absolute Gasteiger partial charge is 0.193 e. The zero-order chi connectivity index (χ0) is 20.1. The largest absolute Gasteiger partial charge is 0.497 e. The predicted octanol–water partition coefficient (Wildman–Crippen LogP) is 2.10. The molecule has 3 rings (SSSR count). The summed E-state index contributed by atoms with van der Waals surface area (Å²) in [4.78, 5) is 9.10. The molecule has 0 spiro atoms. The summed E-state index contributed by atoms with van der Waals surface area (Å²) in [5, 5.41) is 7.89. The van der Waals surface area contributed by atoms with E-state index in [0.717, 1.165) is 37.8 Å². The van der Waals surface area contributed by atoms with E-state index in [0.29, 0.717) is 5.92 Å². The summed E-state index contributed by atoms with van der Waals surface area (Å²) in [5.74, 6) is 2.36. The average molecular weight is 385 g/mol. The first-order valence-corrected chi connectivity index (χ1v) is 9.76. The Morgan fingerprint density at radius 2 is 2.11 bits per heavy atom. The van der Waals surface area contributed by atoms with Crippen LogP contribution in [-0.2, 0) is 7.05 Å². The number of rotatable bonds is 6. The number of nitrogens with zero attached hydrogens (tertiary/aromatic N) is 5. The quantitative estimate of drug-likeness (QED) is 0.611. The first-order valence-electron chi connectivity index (χ1n) is 9.76. The summed E-state index contributed by atoms with van der Waals surface area (Å²) in [6.45, 7) is 2.77. The monoisotopic (exact) mass is 384 g/mol. The molecule has 7 heteroatoms. The molecule has 1 saturated heterocycles. The van der Waals surface area contributed by atoms with Crippen molar-refractivity contribution in [3.63, 3.8) is 0 Å². The zero-order valence-corrected chi connectivity index (χ0v) is 17.6. The van der Waals surface area contributed by atoms with E-state index in [1.54, 1.807) is 7.11 Å². The van der Waals surface area contributed by atoms with Crippen molar-refractivity contribution in [2.24, 2.45) is 12.0 Å². The third kappa shape index (κ3) is 4.65. The molecule has 1 fully saturated rings. The van der Waals surface area contributed by atoms with E-state index in [1.807, 2.05) is 37.1 Å². The maximum Gasteiger partial charge on any atom is 0.193 e. The van der Waals surface area contributed by atoms with Gasteiger partial charge in [-0.15, -0.1) is 0 Å². The van der Waals surface area contributed by atoms with Gasteiger partial charge in [-0.3, -0.25) is 9.67 Å². The molecule has 2 heterocycles. The number of likely N-dealkylation sites (tertiary alicyclic amines) is 1. The van der Waals surface area contributed by atoms with Gasteiger partial charge in [0, 0.05) is 45.8 Å². The Balaban J connectivity index is 1.61. The van der Waals surface area contributed by atoms with Crippen molar-refractivity contribution >= 4 is 5.96 Å². The van der Waals surface area contributed by atoms with Gasteiger partial charge >= 0.3 is 0 Å². The van der Waals surface area contributed by atoms with Crippen molar-refractivity contribution in [1.29, 1.82) is 0 Å². The number of hydrogen-bond donors (Lipinski definition) is 1. The summed E-state index contributed by atoms with van der Waals surface area (Å²) < 4.78 is 7.16. The lowest BCUT2D eigenvalue weighted by atomic mass is 10.0. The fraction of sp³-hybridized carbons (Fsp3) is 0.524. The number of guanidine groups is 1. The molecule has 7 nitrogen and oxygen atoms in total. The average Bonchev–Trinajstić information content (AvgIpc) is 3.34. The minimum atomic E-state index is 0.249. The second kappa shape index (κ2) is 9.10. The van der Waals surface area contributed by atoms with Crippen LogP contribution < -0.4 is 10.1 Å². The fourth-order valence-corrected chi connectivity index (χ4v) is 3.82. The van der Waals surface area contributed by atoms with Crippen LogP contribution in [0, 0.1) is 0 Å². The lowest BCUT2D eigenvalue weighted by Gasteiger charge is -2.28. The number of aromatic nitrogens is 2. The van der Waals surface area contributed by atoms with Crippen LogP contribution in [-0.4, -0.2) is 73.4 Å². The Bertz CT molecular complexity index is 782. The van der Waals surface area contributed by atoms with E-state index in [1.165, 1.54) is 11.1 Å². The lowest BCUT2D eigenvalue weighted by Crippen LogP contribution is -2.43. The maximum absolute atomic E-state index is 5.28. The predicted molar refractivity (Wildman–Crippen MR) is 113 cm³/mol. The summed E-state index contributed by atoms with van der Waals surface area (Å²) in [6, 6.07) is 8.53. The van der Waals surface area contributed by atoms with E-state index in [-0.39, 0.29) is 6.04 Å². The van der Waals surface area contributed by atoms with Crippen molar-refractivity contribution in [3.05, 3.63) is 47.8 Å². The van der Waals surface area contributed by atoms with Gasteiger partial charge in [0.1, 0.15) is 5.75 Å². The Kier molecular flexibility index (Phi) is 6.57. The van der Waals surface area contributed by atoms with Gasteiger partial charge in [-0.2, -0.15) is 5.10 Å². The molecule has 2 unspecified atom stereocenters. The molecule has 0 amide bonds. The van der Waals surface area contributed by atoms with E-state index < -0.39 is 0 Å². The van der Waals surface area contributed by atoms with E-state index in [9.17, 15) is 0 Å². The third-order valence-electron chi connectivity index (χ3n) is 5.47. The van der Waals surface area contributed by atoms with Gasteiger partial charge < -0.3 is 19.9 Å². The fourth-order valence-electron chi connectivity index (χ4n) is 3.82. The van der Waals surface area contributed by atoms with Crippen LogP contribution in [0.2, 0.25) is 0 Å². The molecule has 2 aromatic rings. The van der Waals surface area contributed by atoms with Crippen LogP contribution in [0.1, 0.15) is 29.5 Å². The van der Waals surface area contributed by atoms with Gasteiger partial charge in [-0.05, 0) is 43.8 Å². The van der Waals surface area contributed by atoms with Crippen LogP contribution in [0.25, 0.3) is 0 Å². The minimum Gasteiger partial charge on any atom is -0.497 e. The van der Waals surface area contributed by atoms with Gasteiger partial charge in [-0.1, -0.05) is 12.1 Å². The van der Waals surface area contributed by atoms with Crippen molar-refractivity contribution < 1.29 is 4.74 Å². The molecule has 0 aliphatic carbocycles. The second-order valence-corrected chi connectivity index (χ2v) is 7.56. The Labute approximate surface area is 168 Å². The highest BCUT2D eigenvalue weighted by molar-refractivity contribution is 5.80. The van der Waals surface area contributed by atoms with Gasteiger partial charge in [-0.25, -0.2) is 0 Å². The summed E-state index contributed by atoms with van der Waals surface area (Å²) in [7, 11) is 9.73. The first kappa shape index (κ1) is 20.2. The highest BCUT2D eigenvalue weighted by Gasteiger charge is 2.27. The van der Waals surface area contributed by atoms with E-state index in [2.05, 4.69) is 57.6 Å². The molecule has 0 saturated carbocycles. The number of benzene rings is 1. The van der Waals surface area contributed by atoms with E-state index in [4.69, 9.17) is 4.74 Å².